The van der Waals surface area contributed by atoms with Gasteiger partial charge in [0.1, 0.15) is 11.9 Å². The summed E-state index contributed by atoms with van der Waals surface area (Å²) in [6, 6.07) is 9.64. The van der Waals surface area contributed by atoms with Crippen molar-refractivity contribution in [3.63, 3.8) is 0 Å². The first-order valence-electron chi connectivity index (χ1n) is 6.91. The van der Waals surface area contributed by atoms with E-state index in [9.17, 15) is 8.42 Å². The molecule has 0 N–H and O–H groups in total. The number of sulfonamides is 1. The Morgan fingerprint density at radius 2 is 1.87 bits per heavy atom. The lowest BCUT2D eigenvalue weighted by atomic mass is 10.2. The van der Waals surface area contributed by atoms with E-state index in [1.54, 1.807) is 24.3 Å². The van der Waals surface area contributed by atoms with Crippen molar-refractivity contribution in [1.82, 2.24) is 9.29 Å². The van der Waals surface area contributed by atoms with Gasteiger partial charge in [0.05, 0.1) is 30.1 Å². The van der Waals surface area contributed by atoms with Crippen molar-refractivity contribution in [2.24, 2.45) is 0 Å². The topological polar surface area (TPSA) is 68.7 Å². The second-order valence-corrected chi connectivity index (χ2v) is 7.43. The van der Waals surface area contributed by atoms with Crippen LogP contribution in [-0.2, 0) is 10.0 Å². The summed E-state index contributed by atoms with van der Waals surface area (Å²) in [7, 11) is -1.97. The fourth-order valence-electron chi connectivity index (χ4n) is 2.17. The normalized spacial score (nSPS) is 15.9. The van der Waals surface area contributed by atoms with Crippen LogP contribution < -0.4 is 9.47 Å². The van der Waals surface area contributed by atoms with Crippen molar-refractivity contribution in [2.45, 2.75) is 11.0 Å². The summed E-state index contributed by atoms with van der Waals surface area (Å²) in [6.45, 7) is 0.581. The molecule has 0 radical (unpaired) electrons. The van der Waals surface area contributed by atoms with Gasteiger partial charge >= 0.3 is 0 Å². The molecule has 122 valence electrons. The Balaban J connectivity index is 1.62. The van der Waals surface area contributed by atoms with Crippen LogP contribution in [-0.4, -0.2) is 44.0 Å². The third-order valence-electron chi connectivity index (χ3n) is 3.50. The van der Waals surface area contributed by atoms with E-state index >= 15 is 0 Å². The second kappa shape index (κ2) is 6.35. The fourth-order valence-corrected chi connectivity index (χ4v) is 3.79. The average Bonchev–Trinajstić information content (AvgIpc) is 2.52. The summed E-state index contributed by atoms with van der Waals surface area (Å²) in [4.78, 5) is 4.27. The predicted molar refractivity (Wildman–Crippen MR) is 85.4 cm³/mol. The fraction of sp³-hybridized carbons (Fsp3) is 0.267. The highest BCUT2D eigenvalue weighted by molar-refractivity contribution is 7.89. The molecule has 0 aliphatic carbocycles. The van der Waals surface area contributed by atoms with Crippen LogP contribution in [0.5, 0.6) is 11.6 Å². The minimum atomic E-state index is -3.50. The zero-order valence-corrected chi connectivity index (χ0v) is 13.9. The van der Waals surface area contributed by atoms with Crippen molar-refractivity contribution in [3.05, 3.63) is 47.6 Å². The van der Waals surface area contributed by atoms with Gasteiger partial charge in [-0.3, -0.25) is 0 Å². The zero-order chi connectivity index (χ0) is 16.4. The highest BCUT2D eigenvalue weighted by Crippen LogP contribution is 2.25. The van der Waals surface area contributed by atoms with Gasteiger partial charge in [-0.25, -0.2) is 13.4 Å². The van der Waals surface area contributed by atoms with Crippen molar-refractivity contribution < 1.29 is 17.9 Å². The molecule has 23 heavy (non-hydrogen) atoms. The molecule has 0 atom stereocenters. The molecule has 1 saturated heterocycles. The zero-order valence-electron chi connectivity index (χ0n) is 12.3. The van der Waals surface area contributed by atoms with Crippen molar-refractivity contribution in [2.75, 3.05) is 20.2 Å². The van der Waals surface area contributed by atoms with E-state index in [0.717, 1.165) is 0 Å². The summed E-state index contributed by atoms with van der Waals surface area (Å²) >= 11 is 5.75. The van der Waals surface area contributed by atoms with Gasteiger partial charge < -0.3 is 9.47 Å². The molecular weight excluding hydrogens is 340 g/mol. The third-order valence-corrected chi connectivity index (χ3v) is 5.57. The molecule has 0 saturated carbocycles. The minimum Gasteiger partial charge on any atom is -0.497 e. The van der Waals surface area contributed by atoms with Gasteiger partial charge in [0.25, 0.3) is 0 Å². The van der Waals surface area contributed by atoms with E-state index < -0.39 is 10.0 Å². The Kier molecular flexibility index (Phi) is 4.43. The first kappa shape index (κ1) is 16.0. The van der Waals surface area contributed by atoms with Gasteiger partial charge in [-0.15, -0.1) is 0 Å². The summed E-state index contributed by atoms with van der Waals surface area (Å²) in [6.07, 6.45) is 1.28. The lowest BCUT2D eigenvalue weighted by molar-refractivity contribution is 0.0721. The lowest BCUT2D eigenvalue weighted by Crippen LogP contribution is -2.56. The number of rotatable bonds is 5. The Morgan fingerprint density at radius 3 is 2.43 bits per heavy atom. The van der Waals surface area contributed by atoms with Gasteiger partial charge in [0, 0.05) is 12.3 Å². The van der Waals surface area contributed by atoms with Crippen molar-refractivity contribution in [3.8, 4) is 11.6 Å². The molecule has 0 amide bonds. The number of hydrogen-bond donors (Lipinski definition) is 0. The maximum absolute atomic E-state index is 12.5. The smallest absolute Gasteiger partial charge is 0.243 e. The minimum absolute atomic E-state index is 0.211. The number of benzene rings is 1. The second-order valence-electron chi connectivity index (χ2n) is 5.05. The molecule has 0 spiro atoms. The van der Waals surface area contributed by atoms with Crippen LogP contribution in [0.3, 0.4) is 0 Å². The van der Waals surface area contributed by atoms with Crippen LogP contribution in [0, 0.1) is 0 Å². The summed E-state index contributed by atoms with van der Waals surface area (Å²) in [5, 5.41) is 0.523. The first-order valence-corrected chi connectivity index (χ1v) is 8.73. The molecule has 0 unspecified atom stereocenters. The highest BCUT2D eigenvalue weighted by atomic mass is 35.5. The van der Waals surface area contributed by atoms with Gasteiger partial charge in [0.2, 0.25) is 15.9 Å². The molecule has 1 aliphatic heterocycles. The van der Waals surface area contributed by atoms with Crippen LogP contribution in [0.15, 0.2) is 47.5 Å². The third kappa shape index (κ3) is 3.41. The Hall–Kier alpha value is -1.83. The van der Waals surface area contributed by atoms with Gasteiger partial charge in [-0.1, -0.05) is 11.6 Å². The number of aromatic nitrogens is 1. The summed E-state index contributed by atoms with van der Waals surface area (Å²) in [5.41, 5.74) is 0. The summed E-state index contributed by atoms with van der Waals surface area (Å²) in [5.74, 6) is 1.04. The van der Waals surface area contributed by atoms with Crippen molar-refractivity contribution in [1.29, 1.82) is 0 Å². The maximum atomic E-state index is 12.5. The SMILES string of the molecule is COc1ccc(S(=O)(=O)N2CC(Oc3ccc(Cl)cn3)C2)cc1. The molecule has 8 heteroatoms. The number of halogens is 1. The largest absolute Gasteiger partial charge is 0.497 e. The van der Waals surface area contributed by atoms with Crippen molar-refractivity contribution >= 4 is 21.6 Å². The van der Waals surface area contributed by atoms with Gasteiger partial charge in [0.15, 0.2) is 0 Å². The number of ether oxygens (including phenoxy) is 2. The molecule has 1 aliphatic rings. The van der Waals surface area contributed by atoms with E-state index in [-0.39, 0.29) is 11.0 Å². The van der Waals surface area contributed by atoms with Gasteiger partial charge in [-0.2, -0.15) is 4.31 Å². The number of methoxy groups -OCH3 is 1. The van der Waals surface area contributed by atoms with E-state index in [4.69, 9.17) is 21.1 Å². The Labute approximate surface area is 139 Å². The molecule has 0 bridgehead atoms. The molecule has 1 aromatic heterocycles. The van der Waals surface area contributed by atoms with Crippen LogP contribution >= 0.6 is 11.6 Å². The molecule has 1 fully saturated rings. The van der Waals surface area contributed by atoms with E-state index in [2.05, 4.69) is 4.98 Å². The standard InChI is InChI=1S/C15H15ClN2O4S/c1-21-12-3-5-14(6-4-12)23(19,20)18-9-13(10-18)22-15-7-2-11(16)8-17-15/h2-8,13H,9-10H2,1H3. The van der Waals surface area contributed by atoms with E-state index in [0.29, 0.717) is 29.7 Å². The molecule has 1 aromatic carbocycles. The molecule has 2 aromatic rings. The monoisotopic (exact) mass is 354 g/mol. The molecule has 2 heterocycles. The van der Waals surface area contributed by atoms with E-state index in [1.165, 1.54) is 29.7 Å². The van der Waals surface area contributed by atoms with Crippen LogP contribution in [0.4, 0.5) is 0 Å². The number of nitrogens with zero attached hydrogens (tertiary/aromatic N) is 2. The average molecular weight is 355 g/mol. The highest BCUT2D eigenvalue weighted by Gasteiger charge is 2.38. The maximum Gasteiger partial charge on any atom is 0.243 e. The lowest BCUT2D eigenvalue weighted by Gasteiger charge is -2.37. The quantitative estimate of drug-likeness (QED) is 0.823. The summed E-state index contributed by atoms with van der Waals surface area (Å²) < 4.78 is 36.9. The predicted octanol–water partition coefficient (Wildman–Crippen LogP) is 2.20. The number of pyridine rings is 1. The van der Waals surface area contributed by atoms with E-state index in [1.807, 2.05) is 0 Å². The molecule has 6 nitrogen and oxygen atoms in total. The first-order chi connectivity index (χ1) is 11.0. The molecular formula is C15H15ClN2O4S. The molecule has 3 rings (SSSR count). The van der Waals surface area contributed by atoms with Gasteiger partial charge in [-0.05, 0) is 30.3 Å². The Bertz CT molecular complexity index is 772. The Morgan fingerprint density at radius 1 is 1.17 bits per heavy atom. The number of hydrogen-bond acceptors (Lipinski definition) is 5. The van der Waals surface area contributed by atoms with Crippen LogP contribution in [0.1, 0.15) is 0 Å². The van der Waals surface area contributed by atoms with Crippen LogP contribution in [0.25, 0.3) is 0 Å². The van der Waals surface area contributed by atoms with Crippen LogP contribution in [0.2, 0.25) is 5.02 Å².